The highest BCUT2D eigenvalue weighted by Gasteiger charge is 2.65. The summed E-state index contributed by atoms with van der Waals surface area (Å²) in [5, 5.41) is 11.1. The highest BCUT2D eigenvalue weighted by Crippen LogP contribution is 2.73. The van der Waals surface area contributed by atoms with Crippen LogP contribution in [0.5, 0.6) is 0 Å². The molecular weight excluding hydrogens is 428 g/mol. The van der Waals surface area contributed by atoms with Crippen LogP contribution in [0.25, 0.3) is 0 Å². The normalized spacial score (nSPS) is 45.5. The molecule has 0 aromatic heterocycles. The van der Waals surface area contributed by atoms with Crippen LogP contribution >= 0.6 is 0 Å². The van der Waals surface area contributed by atoms with Crippen molar-refractivity contribution in [1.29, 1.82) is 0 Å². The third-order valence-electron chi connectivity index (χ3n) is 13.5. The Bertz CT molecular complexity index is 831. The number of hydrogen-bond donors (Lipinski definition) is 1. The molecule has 202 valence electrons. The van der Waals surface area contributed by atoms with Gasteiger partial charge in [-0.05, 0) is 115 Å². The quantitative estimate of drug-likeness (QED) is 0.393. The summed E-state index contributed by atoms with van der Waals surface area (Å²) in [5.41, 5.74) is 2.50. The summed E-state index contributed by atoms with van der Waals surface area (Å²) in [6.07, 6.45) is 14.4. The maximum absolute atomic E-state index is 11.1. The van der Waals surface area contributed by atoms with Crippen molar-refractivity contribution >= 4 is 0 Å². The lowest BCUT2D eigenvalue weighted by Gasteiger charge is -2.64. The largest absolute Gasteiger partial charge is 0.390 e. The van der Waals surface area contributed by atoms with Gasteiger partial charge in [-0.3, -0.25) is 0 Å². The minimum atomic E-state index is -0.607. The molecule has 2 heteroatoms. The summed E-state index contributed by atoms with van der Waals surface area (Å²) < 4.78 is 6.01. The van der Waals surface area contributed by atoms with Crippen LogP contribution in [-0.4, -0.2) is 23.9 Å². The second kappa shape index (κ2) is 8.59. The van der Waals surface area contributed by atoms with Crippen molar-refractivity contribution in [3.05, 3.63) is 11.6 Å². The van der Waals surface area contributed by atoms with E-state index in [1.165, 1.54) is 44.9 Å². The predicted molar refractivity (Wildman–Crippen MR) is 148 cm³/mol. The van der Waals surface area contributed by atoms with Gasteiger partial charge in [0.1, 0.15) is 0 Å². The molecule has 35 heavy (non-hydrogen) atoms. The first-order valence-corrected chi connectivity index (χ1v) is 14.9. The van der Waals surface area contributed by atoms with Crippen molar-refractivity contribution in [2.45, 2.75) is 139 Å². The van der Waals surface area contributed by atoms with Gasteiger partial charge in [-0.1, -0.05) is 74.0 Å². The minimum Gasteiger partial charge on any atom is -0.390 e. The zero-order valence-corrected chi connectivity index (χ0v) is 25.2. The van der Waals surface area contributed by atoms with Crippen molar-refractivity contribution in [2.24, 2.45) is 50.7 Å². The number of ether oxygens (including phenoxy) is 1. The minimum absolute atomic E-state index is 0.0764. The molecule has 4 aliphatic carbocycles. The van der Waals surface area contributed by atoms with Gasteiger partial charge in [-0.2, -0.15) is 0 Å². The average Bonchev–Trinajstić information content (AvgIpc) is 3.02. The molecule has 2 nitrogen and oxygen atoms in total. The first-order chi connectivity index (χ1) is 16.0. The summed E-state index contributed by atoms with van der Waals surface area (Å²) in [6.45, 7) is 24.0. The predicted octanol–water partition coefficient (Wildman–Crippen LogP) is 8.82. The van der Waals surface area contributed by atoms with E-state index in [1.807, 2.05) is 12.7 Å². The van der Waals surface area contributed by atoms with Crippen molar-refractivity contribution in [3.63, 3.8) is 0 Å². The van der Waals surface area contributed by atoms with E-state index in [9.17, 15) is 5.11 Å². The zero-order chi connectivity index (χ0) is 26.2. The maximum Gasteiger partial charge on any atom is 0.0667 e. The zero-order valence-electron chi connectivity index (χ0n) is 25.2. The maximum atomic E-state index is 11.1. The lowest BCUT2D eigenvalue weighted by atomic mass is 9.41. The molecule has 0 aliphatic heterocycles. The van der Waals surface area contributed by atoms with E-state index in [0.717, 1.165) is 30.6 Å². The highest BCUT2D eigenvalue weighted by atomic mass is 16.5. The Hall–Kier alpha value is -0.340. The molecule has 0 heterocycles. The average molecular weight is 487 g/mol. The van der Waals surface area contributed by atoms with E-state index in [4.69, 9.17) is 4.74 Å². The number of hydrogen-bond acceptors (Lipinski definition) is 2. The number of fused-ring (bicyclic) bond motifs is 5. The Morgan fingerprint density at radius 2 is 1.63 bits per heavy atom. The molecule has 0 aromatic carbocycles. The van der Waals surface area contributed by atoms with Crippen LogP contribution in [-0.2, 0) is 4.74 Å². The molecule has 9 atom stereocenters. The van der Waals surface area contributed by atoms with Crippen molar-refractivity contribution in [1.82, 2.24) is 0 Å². The molecule has 4 aliphatic rings. The fourth-order valence-electron chi connectivity index (χ4n) is 10.2. The third kappa shape index (κ3) is 3.93. The van der Waals surface area contributed by atoms with E-state index in [0.29, 0.717) is 28.3 Å². The number of rotatable bonds is 5. The Labute approximate surface area is 218 Å². The molecule has 0 bridgehead atoms. The molecule has 1 N–H and O–H groups in total. The van der Waals surface area contributed by atoms with E-state index in [1.54, 1.807) is 0 Å². The molecule has 0 spiro atoms. The van der Waals surface area contributed by atoms with Gasteiger partial charge in [0, 0.05) is 7.11 Å². The Balaban J connectivity index is 1.59. The van der Waals surface area contributed by atoms with Crippen LogP contribution in [0.4, 0.5) is 0 Å². The van der Waals surface area contributed by atoms with Crippen LogP contribution in [0.15, 0.2) is 11.6 Å². The summed E-state index contributed by atoms with van der Waals surface area (Å²) in [7, 11) is 1.92. The van der Waals surface area contributed by atoms with Crippen LogP contribution < -0.4 is 0 Å². The number of allylic oxidation sites excluding steroid dienone is 2. The Kier molecular flexibility index (Phi) is 6.79. The van der Waals surface area contributed by atoms with Crippen LogP contribution in [0.3, 0.4) is 0 Å². The summed E-state index contributed by atoms with van der Waals surface area (Å²) in [4.78, 5) is 0. The summed E-state index contributed by atoms with van der Waals surface area (Å²) >= 11 is 0. The van der Waals surface area contributed by atoms with Gasteiger partial charge in [0.25, 0.3) is 0 Å². The number of methoxy groups -OCH3 is 1. The highest BCUT2D eigenvalue weighted by molar-refractivity contribution is 5.32. The fourth-order valence-corrected chi connectivity index (χ4v) is 10.2. The molecule has 0 aromatic rings. The molecule has 0 amide bonds. The van der Waals surface area contributed by atoms with Crippen molar-refractivity contribution in [2.75, 3.05) is 7.11 Å². The standard InChI is InChI=1S/C33H58O2/c1-22(14-21-33(10,34)28(2,3)4)23-15-19-32(9)25-12-13-26-29(5,6)27(35-11)17-18-30(26,7)24(25)16-20-31(23,32)8/h16,22-23,25-27,34H,12-15,17-21H2,1-11H3. The van der Waals surface area contributed by atoms with Crippen LogP contribution in [0.2, 0.25) is 0 Å². The van der Waals surface area contributed by atoms with E-state index in [-0.39, 0.29) is 10.8 Å². The van der Waals surface area contributed by atoms with Gasteiger partial charge in [0.15, 0.2) is 0 Å². The molecule has 3 fully saturated rings. The van der Waals surface area contributed by atoms with Gasteiger partial charge in [-0.25, -0.2) is 0 Å². The molecule has 0 radical (unpaired) electrons. The van der Waals surface area contributed by atoms with Crippen LogP contribution in [0.1, 0.15) is 127 Å². The molecule has 4 rings (SSSR count). The SMILES string of the molecule is COC1CCC2(C)C3=CCC4(C)C(C(C)CCC(C)(O)C(C)(C)C)CCC4(C)C3CCC2C1(C)C. The van der Waals surface area contributed by atoms with Crippen LogP contribution in [0, 0.1) is 50.7 Å². The van der Waals surface area contributed by atoms with Gasteiger partial charge in [0.05, 0.1) is 11.7 Å². The second-order valence-corrected chi connectivity index (χ2v) is 16.1. The van der Waals surface area contributed by atoms with E-state index >= 15 is 0 Å². The molecule has 3 saturated carbocycles. The van der Waals surface area contributed by atoms with E-state index in [2.05, 4.69) is 75.3 Å². The van der Waals surface area contributed by atoms with Crippen molar-refractivity contribution in [3.8, 4) is 0 Å². The Morgan fingerprint density at radius 1 is 0.971 bits per heavy atom. The Morgan fingerprint density at radius 3 is 2.23 bits per heavy atom. The summed E-state index contributed by atoms with van der Waals surface area (Å²) in [5.74, 6) is 2.88. The molecule has 9 unspecified atom stereocenters. The smallest absolute Gasteiger partial charge is 0.0667 e. The lowest BCUT2D eigenvalue weighted by molar-refractivity contribution is -0.130. The monoisotopic (exact) mass is 486 g/mol. The van der Waals surface area contributed by atoms with Crippen molar-refractivity contribution < 1.29 is 9.84 Å². The number of aliphatic hydroxyl groups is 1. The third-order valence-corrected chi connectivity index (χ3v) is 13.5. The molecule has 0 saturated heterocycles. The van der Waals surface area contributed by atoms with Gasteiger partial charge >= 0.3 is 0 Å². The van der Waals surface area contributed by atoms with E-state index < -0.39 is 5.60 Å². The first kappa shape index (κ1) is 27.7. The molecular formula is C33H58O2. The van der Waals surface area contributed by atoms with Gasteiger partial charge in [-0.15, -0.1) is 0 Å². The van der Waals surface area contributed by atoms with Gasteiger partial charge in [0.2, 0.25) is 0 Å². The lowest BCUT2D eigenvalue weighted by Crippen LogP contribution is -2.58. The second-order valence-electron chi connectivity index (χ2n) is 16.1. The van der Waals surface area contributed by atoms with Gasteiger partial charge < -0.3 is 9.84 Å². The first-order valence-electron chi connectivity index (χ1n) is 14.9. The summed E-state index contributed by atoms with van der Waals surface area (Å²) in [6, 6.07) is 0. The topological polar surface area (TPSA) is 29.5 Å². The fraction of sp³-hybridized carbons (Fsp3) is 0.939.